The van der Waals surface area contributed by atoms with E-state index in [1.54, 1.807) is 38.5 Å². The molecule has 0 amide bonds. The van der Waals surface area contributed by atoms with Crippen molar-refractivity contribution in [2.45, 2.75) is 76.7 Å². The highest BCUT2D eigenvalue weighted by Crippen LogP contribution is 2.68. The van der Waals surface area contributed by atoms with Crippen LogP contribution in [0.15, 0.2) is 67.7 Å². The van der Waals surface area contributed by atoms with Gasteiger partial charge in [0.05, 0.1) is 61.4 Å². The van der Waals surface area contributed by atoms with E-state index in [4.69, 9.17) is 29.0 Å². The molecule has 0 saturated heterocycles. The van der Waals surface area contributed by atoms with Crippen molar-refractivity contribution in [3.05, 3.63) is 48.8 Å². The number of nitrogens with zero attached hydrogens (tertiary/aromatic N) is 1. The van der Waals surface area contributed by atoms with Gasteiger partial charge >= 0.3 is 0 Å². The van der Waals surface area contributed by atoms with Crippen LogP contribution in [-0.2, 0) is 34.8 Å². The highest BCUT2D eigenvalue weighted by atomic mass is 32.2. The quantitative estimate of drug-likeness (QED) is 0.139. The number of rotatable bonds is 10. The first kappa shape index (κ1) is 34.1. The molecule has 2 aliphatic heterocycles. The van der Waals surface area contributed by atoms with Crippen molar-refractivity contribution in [3.63, 3.8) is 0 Å². The average molecular weight is 684 g/mol. The molecule has 0 saturated carbocycles. The van der Waals surface area contributed by atoms with Crippen LogP contribution in [0, 0.1) is 11.3 Å². The number of nitriles is 1. The molecule has 0 aromatic heterocycles. The second-order valence-corrected chi connectivity index (χ2v) is 16.8. The molecule has 0 spiro atoms. The van der Waals surface area contributed by atoms with E-state index in [0.717, 1.165) is 25.2 Å². The van der Waals surface area contributed by atoms with Crippen LogP contribution >= 0.6 is 47.0 Å². The number of methoxy groups -OCH3 is 2. The van der Waals surface area contributed by atoms with Crippen molar-refractivity contribution in [2.24, 2.45) is 0 Å². The summed E-state index contributed by atoms with van der Waals surface area (Å²) in [7, 11) is 1.92. The van der Waals surface area contributed by atoms with Crippen LogP contribution in [0.1, 0.15) is 40.2 Å². The van der Waals surface area contributed by atoms with Crippen molar-refractivity contribution in [1.29, 1.82) is 5.26 Å². The molecule has 2 aromatic carbocycles. The first-order valence-electron chi connectivity index (χ1n) is 13.0. The predicted octanol–water partition coefficient (Wildman–Crippen LogP) is 7.71. The first-order valence-corrected chi connectivity index (χ1v) is 17.7. The molecular formula is C29H33NO8S5. The Morgan fingerprint density at radius 2 is 1.19 bits per heavy atom. The number of allylic oxidation sites excluding steroid dienone is 1. The third-order valence-electron chi connectivity index (χ3n) is 6.60. The Labute approximate surface area is 269 Å². The molecule has 0 radical (unpaired) electrons. The Bertz CT molecular complexity index is 1540. The third-order valence-corrected chi connectivity index (χ3v) is 13.8. The summed E-state index contributed by atoms with van der Waals surface area (Å²) < 4.78 is 40.4. The molecule has 2 atom stereocenters. The Balaban J connectivity index is 1.80. The van der Waals surface area contributed by atoms with E-state index < -0.39 is 22.0 Å². The first-order chi connectivity index (χ1) is 20.3. The van der Waals surface area contributed by atoms with Crippen LogP contribution in [0.3, 0.4) is 0 Å². The fraction of sp³-hybridized carbons (Fsp3) is 0.414. The zero-order valence-electron chi connectivity index (χ0n) is 25.2. The Morgan fingerprint density at radius 1 is 0.767 bits per heavy atom. The minimum atomic E-state index is -4.09. The molecule has 2 unspecified atom stereocenters. The molecule has 0 N–H and O–H groups in total. The maximum absolute atomic E-state index is 13.7. The normalized spacial score (nSPS) is 15.9. The number of fused-ring (bicyclic) bond motifs is 2. The SMILES string of the molecule is COOC(C)C(=C1Sc2c(OC)c3c(c(OC)c2S1)SC(=C(C#N)S(=O)(=O)c1ccc(C(C)(C)C)cc1)S3)C(C)OOC. The maximum Gasteiger partial charge on any atom is 0.218 e. The Kier molecular flexibility index (Phi) is 10.8. The topological polar surface area (TPSA) is 113 Å². The summed E-state index contributed by atoms with van der Waals surface area (Å²) in [5.74, 6) is 1.13. The zero-order chi connectivity index (χ0) is 31.7. The van der Waals surface area contributed by atoms with Gasteiger partial charge in [0.15, 0.2) is 4.91 Å². The molecule has 232 valence electrons. The maximum atomic E-state index is 13.7. The lowest BCUT2D eigenvalue weighted by Gasteiger charge is -2.21. The molecule has 2 aromatic rings. The van der Waals surface area contributed by atoms with E-state index >= 15 is 0 Å². The van der Waals surface area contributed by atoms with Crippen LogP contribution < -0.4 is 9.47 Å². The van der Waals surface area contributed by atoms with Crippen LogP contribution in [0.2, 0.25) is 0 Å². The van der Waals surface area contributed by atoms with Gasteiger partial charge < -0.3 is 9.47 Å². The van der Waals surface area contributed by atoms with Gasteiger partial charge in [0.2, 0.25) is 9.84 Å². The Hall–Kier alpha value is -1.80. The molecule has 0 aliphatic carbocycles. The zero-order valence-corrected chi connectivity index (χ0v) is 29.3. The third kappa shape index (κ3) is 6.61. The standard InChI is InChI=1S/C29H33NO8S5/c1-15(37-35-8)20(16(2)38-36-9)28-41-25-21(33-6)23-24(22(34-7)26(25)42-28)40-27(39-23)19(14-30)43(31,32)18-12-10-17(11-13-18)29(3,4)5/h10-13,15-16H,1-9H3. The summed E-state index contributed by atoms with van der Waals surface area (Å²) in [5, 5.41) is 10.1. The van der Waals surface area contributed by atoms with Gasteiger partial charge in [-0.05, 0) is 37.0 Å². The largest absolute Gasteiger partial charge is 0.494 e. The number of hydrogen-bond donors (Lipinski definition) is 0. The minimum absolute atomic E-state index is 0.0661. The van der Waals surface area contributed by atoms with Crippen molar-refractivity contribution >= 4 is 56.9 Å². The van der Waals surface area contributed by atoms with E-state index in [1.165, 1.54) is 61.3 Å². The Morgan fingerprint density at radius 3 is 1.53 bits per heavy atom. The monoisotopic (exact) mass is 683 g/mol. The molecule has 9 nitrogen and oxygen atoms in total. The summed E-state index contributed by atoms with van der Waals surface area (Å²) in [6.07, 6.45) is -0.912. The van der Waals surface area contributed by atoms with E-state index in [9.17, 15) is 13.7 Å². The lowest BCUT2D eigenvalue weighted by atomic mass is 9.87. The van der Waals surface area contributed by atoms with Crippen molar-refractivity contribution < 1.29 is 37.4 Å². The van der Waals surface area contributed by atoms with Gasteiger partial charge in [-0.1, -0.05) is 80.0 Å². The summed E-state index contributed by atoms with van der Waals surface area (Å²) >= 11 is 5.31. The lowest BCUT2D eigenvalue weighted by Crippen LogP contribution is -2.23. The molecule has 2 heterocycles. The fourth-order valence-corrected chi connectivity index (χ4v) is 12.2. The molecule has 0 bridgehead atoms. The number of hydrogen-bond acceptors (Lipinski definition) is 13. The molecule has 14 heteroatoms. The molecule has 2 aliphatic rings. The minimum Gasteiger partial charge on any atom is -0.494 e. The van der Waals surface area contributed by atoms with Gasteiger partial charge in [0.1, 0.15) is 29.8 Å². The van der Waals surface area contributed by atoms with Crippen molar-refractivity contribution in [3.8, 4) is 17.6 Å². The number of benzene rings is 2. The highest BCUT2D eigenvalue weighted by molar-refractivity contribution is 8.26. The molecule has 4 rings (SSSR count). The van der Waals surface area contributed by atoms with Gasteiger partial charge in [-0.15, -0.1) is 0 Å². The molecular weight excluding hydrogens is 651 g/mol. The van der Waals surface area contributed by atoms with Crippen LogP contribution in [0.25, 0.3) is 0 Å². The predicted molar refractivity (Wildman–Crippen MR) is 170 cm³/mol. The van der Waals surface area contributed by atoms with Crippen LogP contribution in [0.5, 0.6) is 11.5 Å². The average Bonchev–Trinajstić information content (AvgIpc) is 3.57. The van der Waals surface area contributed by atoms with E-state index in [2.05, 4.69) is 20.8 Å². The number of sulfone groups is 1. The molecule has 0 fully saturated rings. The number of ether oxygens (including phenoxy) is 2. The van der Waals surface area contributed by atoms with Gasteiger partial charge in [-0.3, -0.25) is 0 Å². The number of thioether (sulfide) groups is 4. The summed E-state index contributed by atoms with van der Waals surface area (Å²) in [4.78, 5) is 23.5. The smallest absolute Gasteiger partial charge is 0.218 e. The van der Waals surface area contributed by atoms with E-state index in [0.29, 0.717) is 25.5 Å². The second-order valence-electron chi connectivity index (χ2n) is 10.4. The van der Waals surface area contributed by atoms with Crippen LogP contribution in [-0.4, -0.2) is 49.1 Å². The summed E-state index contributed by atoms with van der Waals surface area (Å²) in [5.41, 5.74) is 1.66. The van der Waals surface area contributed by atoms with E-state index in [-0.39, 0.29) is 15.2 Å². The highest BCUT2D eigenvalue weighted by Gasteiger charge is 2.40. The summed E-state index contributed by atoms with van der Waals surface area (Å²) in [6.45, 7) is 9.86. The van der Waals surface area contributed by atoms with E-state index in [1.807, 2.05) is 19.9 Å². The van der Waals surface area contributed by atoms with Gasteiger partial charge in [0.25, 0.3) is 0 Å². The van der Waals surface area contributed by atoms with Crippen LogP contribution in [0.4, 0.5) is 0 Å². The van der Waals surface area contributed by atoms with Crippen molar-refractivity contribution in [2.75, 3.05) is 28.4 Å². The van der Waals surface area contributed by atoms with Crippen molar-refractivity contribution in [1.82, 2.24) is 0 Å². The summed E-state index contributed by atoms with van der Waals surface area (Å²) in [6, 6.07) is 8.66. The lowest BCUT2D eigenvalue weighted by molar-refractivity contribution is -0.313. The van der Waals surface area contributed by atoms with Gasteiger partial charge in [-0.25, -0.2) is 28.0 Å². The fourth-order valence-electron chi connectivity index (χ4n) is 4.51. The molecule has 43 heavy (non-hydrogen) atoms. The van der Waals surface area contributed by atoms with Gasteiger partial charge in [-0.2, -0.15) is 5.26 Å². The second kappa shape index (κ2) is 13.7. The van der Waals surface area contributed by atoms with Gasteiger partial charge in [0, 0.05) is 5.57 Å².